The Morgan fingerprint density at radius 3 is 2.30 bits per heavy atom. The molecule has 0 aromatic heterocycles. The van der Waals surface area contributed by atoms with Crippen molar-refractivity contribution in [2.75, 3.05) is 6.54 Å². The summed E-state index contributed by atoms with van der Waals surface area (Å²) < 4.78 is 0. The van der Waals surface area contributed by atoms with E-state index >= 15 is 0 Å². The van der Waals surface area contributed by atoms with Crippen LogP contribution in [0.2, 0.25) is 5.02 Å². The SMILES string of the molecule is CCCCNC(=O)[C@H](c1ccccc1)N(Cc1ccc(Cl)cc1)C(=O)CC. The van der Waals surface area contributed by atoms with Gasteiger partial charge in [0.2, 0.25) is 11.8 Å². The van der Waals surface area contributed by atoms with Crippen molar-refractivity contribution in [1.29, 1.82) is 0 Å². The molecule has 0 fully saturated rings. The van der Waals surface area contributed by atoms with Crippen LogP contribution in [0, 0.1) is 0 Å². The maximum atomic E-state index is 13.0. The van der Waals surface area contributed by atoms with Crippen LogP contribution in [0.1, 0.15) is 50.3 Å². The lowest BCUT2D eigenvalue weighted by Crippen LogP contribution is -2.43. The summed E-state index contributed by atoms with van der Waals surface area (Å²) in [7, 11) is 0. The van der Waals surface area contributed by atoms with Gasteiger partial charge in [-0.2, -0.15) is 0 Å². The minimum atomic E-state index is -0.661. The predicted molar refractivity (Wildman–Crippen MR) is 109 cm³/mol. The van der Waals surface area contributed by atoms with Gasteiger partial charge in [0, 0.05) is 24.5 Å². The van der Waals surface area contributed by atoms with Gasteiger partial charge in [0.05, 0.1) is 0 Å². The summed E-state index contributed by atoms with van der Waals surface area (Å²) in [5.74, 6) is -0.213. The van der Waals surface area contributed by atoms with Crippen LogP contribution in [0.5, 0.6) is 0 Å². The number of nitrogens with zero attached hydrogens (tertiary/aromatic N) is 1. The third-order valence-electron chi connectivity index (χ3n) is 4.39. The average Bonchev–Trinajstić information content (AvgIpc) is 2.69. The Hall–Kier alpha value is -2.33. The van der Waals surface area contributed by atoms with Crippen molar-refractivity contribution in [1.82, 2.24) is 10.2 Å². The van der Waals surface area contributed by atoms with Gasteiger partial charge in [0.15, 0.2) is 0 Å². The zero-order chi connectivity index (χ0) is 19.6. The van der Waals surface area contributed by atoms with E-state index in [9.17, 15) is 9.59 Å². The lowest BCUT2D eigenvalue weighted by atomic mass is 10.0. The molecule has 144 valence electrons. The lowest BCUT2D eigenvalue weighted by Gasteiger charge is -2.31. The fraction of sp³-hybridized carbons (Fsp3) is 0.364. The first-order chi connectivity index (χ1) is 13.1. The second kappa shape index (κ2) is 10.7. The number of unbranched alkanes of at least 4 members (excludes halogenated alkanes) is 1. The highest BCUT2D eigenvalue weighted by molar-refractivity contribution is 6.30. The number of halogens is 1. The van der Waals surface area contributed by atoms with Gasteiger partial charge in [0.25, 0.3) is 0 Å². The third-order valence-corrected chi connectivity index (χ3v) is 4.65. The van der Waals surface area contributed by atoms with E-state index in [0.717, 1.165) is 24.0 Å². The van der Waals surface area contributed by atoms with Crippen molar-refractivity contribution in [2.45, 2.75) is 45.7 Å². The molecule has 0 aliphatic rings. The Kier molecular flexibility index (Phi) is 8.34. The van der Waals surface area contributed by atoms with E-state index in [-0.39, 0.29) is 11.8 Å². The van der Waals surface area contributed by atoms with Crippen molar-refractivity contribution in [3.8, 4) is 0 Å². The Labute approximate surface area is 166 Å². The summed E-state index contributed by atoms with van der Waals surface area (Å²) in [5.41, 5.74) is 1.74. The maximum Gasteiger partial charge on any atom is 0.247 e. The van der Waals surface area contributed by atoms with E-state index in [1.54, 1.807) is 17.0 Å². The molecule has 0 saturated carbocycles. The summed E-state index contributed by atoms with van der Waals surface area (Å²) >= 11 is 5.97. The Balaban J connectivity index is 2.35. The molecule has 0 bridgehead atoms. The van der Waals surface area contributed by atoms with E-state index in [1.807, 2.05) is 49.4 Å². The van der Waals surface area contributed by atoms with Crippen LogP contribution in [-0.4, -0.2) is 23.3 Å². The molecule has 0 heterocycles. The van der Waals surface area contributed by atoms with Crippen LogP contribution in [0.25, 0.3) is 0 Å². The van der Waals surface area contributed by atoms with Gasteiger partial charge >= 0.3 is 0 Å². The van der Waals surface area contributed by atoms with Crippen LogP contribution in [0.4, 0.5) is 0 Å². The summed E-state index contributed by atoms with van der Waals surface area (Å²) in [5, 5.41) is 3.63. The zero-order valence-electron chi connectivity index (χ0n) is 16.0. The van der Waals surface area contributed by atoms with E-state index < -0.39 is 6.04 Å². The quantitative estimate of drug-likeness (QED) is 0.633. The molecule has 1 N–H and O–H groups in total. The molecular formula is C22H27ClN2O2. The molecule has 0 saturated heterocycles. The highest BCUT2D eigenvalue weighted by Crippen LogP contribution is 2.25. The third kappa shape index (κ3) is 6.10. The van der Waals surface area contributed by atoms with Crippen molar-refractivity contribution in [2.24, 2.45) is 0 Å². The smallest absolute Gasteiger partial charge is 0.247 e. The van der Waals surface area contributed by atoms with Crippen LogP contribution < -0.4 is 5.32 Å². The Morgan fingerprint density at radius 2 is 1.70 bits per heavy atom. The Bertz CT molecular complexity index is 732. The predicted octanol–water partition coefficient (Wildman–Crippen LogP) is 4.74. The topological polar surface area (TPSA) is 49.4 Å². The van der Waals surface area contributed by atoms with Crippen LogP contribution in [-0.2, 0) is 16.1 Å². The number of rotatable bonds is 9. The van der Waals surface area contributed by atoms with Crippen molar-refractivity contribution < 1.29 is 9.59 Å². The number of nitrogens with one attached hydrogen (secondary N) is 1. The summed E-state index contributed by atoms with van der Waals surface area (Å²) in [6, 6.07) is 16.2. The van der Waals surface area contributed by atoms with Crippen molar-refractivity contribution in [3.05, 3.63) is 70.7 Å². The molecule has 0 aliphatic carbocycles. The molecule has 2 aromatic rings. The van der Waals surface area contributed by atoms with Crippen LogP contribution in [0.3, 0.4) is 0 Å². The molecule has 2 rings (SSSR count). The van der Waals surface area contributed by atoms with Crippen LogP contribution in [0.15, 0.2) is 54.6 Å². The highest BCUT2D eigenvalue weighted by atomic mass is 35.5. The first-order valence-corrected chi connectivity index (χ1v) is 9.81. The molecule has 0 spiro atoms. The van der Waals surface area contributed by atoms with Crippen molar-refractivity contribution in [3.63, 3.8) is 0 Å². The summed E-state index contributed by atoms with van der Waals surface area (Å²) in [4.78, 5) is 27.4. The molecule has 27 heavy (non-hydrogen) atoms. The van der Waals surface area contributed by atoms with E-state index in [0.29, 0.717) is 24.5 Å². The van der Waals surface area contributed by atoms with Crippen molar-refractivity contribution >= 4 is 23.4 Å². The maximum absolute atomic E-state index is 13.0. The summed E-state index contributed by atoms with van der Waals surface area (Å²) in [6.45, 7) is 4.85. The summed E-state index contributed by atoms with van der Waals surface area (Å²) in [6.07, 6.45) is 2.24. The normalized spacial score (nSPS) is 11.7. The van der Waals surface area contributed by atoms with Gasteiger partial charge in [-0.15, -0.1) is 0 Å². The molecule has 0 aliphatic heterocycles. The van der Waals surface area contributed by atoms with Gasteiger partial charge in [-0.3, -0.25) is 9.59 Å². The molecule has 1 atom stereocenters. The second-order valence-electron chi connectivity index (χ2n) is 6.46. The molecule has 2 amide bonds. The fourth-order valence-electron chi connectivity index (χ4n) is 2.91. The number of hydrogen-bond acceptors (Lipinski definition) is 2. The Morgan fingerprint density at radius 1 is 1.04 bits per heavy atom. The molecule has 4 nitrogen and oxygen atoms in total. The standard InChI is InChI=1S/C22H27ClN2O2/c1-3-5-15-24-22(27)21(18-9-7-6-8-10-18)25(20(26)4-2)16-17-11-13-19(23)14-12-17/h6-14,21H,3-5,15-16H2,1-2H3,(H,24,27)/t21-/m0/s1. The van der Waals surface area contributed by atoms with Crippen LogP contribution >= 0.6 is 11.6 Å². The van der Waals surface area contributed by atoms with Gasteiger partial charge in [-0.1, -0.05) is 74.3 Å². The minimum absolute atomic E-state index is 0.0653. The van der Waals surface area contributed by atoms with E-state index in [2.05, 4.69) is 12.2 Å². The average molecular weight is 387 g/mol. The van der Waals surface area contributed by atoms with E-state index in [1.165, 1.54) is 0 Å². The highest BCUT2D eigenvalue weighted by Gasteiger charge is 2.30. The van der Waals surface area contributed by atoms with Gasteiger partial charge in [-0.25, -0.2) is 0 Å². The van der Waals surface area contributed by atoms with Gasteiger partial charge in [-0.05, 0) is 29.7 Å². The van der Waals surface area contributed by atoms with Gasteiger partial charge in [0.1, 0.15) is 6.04 Å². The van der Waals surface area contributed by atoms with Gasteiger partial charge < -0.3 is 10.2 Å². The molecule has 5 heteroatoms. The number of hydrogen-bond donors (Lipinski definition) is 1. The fourth-order valence-corrected chi connectivity index (χ4v) is 3.03. The lowest BCUT2D eigenvalue weighted by molar-refractivity contribution is -0.141. The first-order valence-electron chi connectivity index (χ1n) is 9.43. The number of amides is 2. The molecule has 0 radical (unpaired) electrons. The monoisotopic (exact) mass is 386 g/mol. The molecule has 2 aromatic carbocycles. The number of benzene rings is 2. The number of carbonyl (C=O) groups is 2. The molecule has 0 unspecified atom stereocenters. The molecular weight excluding hydrogens is 360 g/mol. The zero-order valence-corrected chi connectivity index (χ0v) is 16.7. The second-order valence-corrected chi connectivity index (χ2v) is 6.90. The van der Waals surface area contributed by atoms with E-state index in [4.69, 9.17) is 11.6 Å². The number of carbonyl (C=O) groups excluding carboxylic acids is 2. The first kappa shape index (κ1) is 21.0. The largest absolute Gasteiger partial charge is 0.354 e. The minimum Gasteiger partial charge on any atom is -0.354 e.